The minimum atomic E-state index is -0.741. The van der Waals surface area contributed by atoms with E-state index in [9.17, 15) is 14.0 Å². The first kappa shape index (κ1) is 16.4. The highest BCUT2D eigenvalue weighted by molar-refractivity contribution is 5.82. The summed E-state index contributed by atoms with van der Waals surface area (Å²) in [6.45, 7) is 3.58. The summed E-state index contributed by atoms with van der Waals surface area (Å²) in [5.41, 5.74) is -0.207. The number of fused-ring (bicyclic) bond motifs is 1. The van der Waals surface area contributed by atoms with E-state index in [1.807, 2.05) is 11.0 Å². The van der Waals surface area contributed by atoms with Crippen LogP contribution in [-0.2, 0) is 0 Å². The number of rotatable bonds is 2. The van der Waals surface area contributed by atoms with Crippen molar-refractivity contribution in [2.45, 2.75) is 19.8 Å². The van der Waals surface area contributed by atoms with Crippen molar-refractivity contribution in [3.8, 4) is 17.2 Å². The molecular formula is C18H16F2N6. The van der Waals surface area contributed by atoms with Crippen LogP contribution in [0.15, 0.2) is 24.5 Å². The summed E-state index contributed by atoms with van der Waals surface area (Å²) >= 11 is 0. The smallest absolute Gasteiger partial charge is 0.255 e. The van der Waals surface area contributed by atoms with Crippen molar-refractivity contribution < 1.29 is 8.78 Å². The van der Waals surface area contributed by atoms with Crippen LogP contribution in [0.1, 0.15) is 25.5 Å². The molecule has 0 N–H and O–H groups in total. The average Bonchev–Trinajstić information content (AvgIpc) is 3.10. The van der Waals surface area contributed by atoms with Crippen molar-refractivity contribution in [3.63, 3.8) is 0 Å². The van der Waals surface area contributed by atoms with Crippen molar-refractivity contribution in [2.75, 3.05) is 18.0 Å². The van der Waals surface area contributed by atoms with Crippen LogP contribution in [0.25, 0.3) is 16.9 Å². The van der Waals surface area contributed by atoms with E-state index in [0.717, 1.165) is 12.8 Å². The van der Waals surface area contributed by atoms with Crippen LogP contribution in [0.5, 0.6) is 0 Å². The van der Waals surface area contributed by atoms with Crippen LogP contribution in [0.4, 0.5) is 14.6 Å². The highest BCUT2D eigenvalue weighted by Gasteiger charge is 2.28. The van der Waals surface area contributed by atoms with E-state index in [0.29, 0.717) is 24.8 Å². The maximum atomic E-state index is 14.5. The number of nitrogens with zero attached hydrogens (tertiary/aromatic N) is 6. The van der Waals surface area contributed by atoms with Gasteiger partial charge in [-0.1, -0.05) is 13.0 Å². The number of halogens is 2. The summed E-state index contributed by atoms with van der Waals surface area (Å²) in [4.78, 5) is 10.2. The Balaban J connectivity index is 2.05. The zero-order valence-electron chi connectivity index (χ0n) is 14.2. The minimum Gasteiger partial charge on any atom is -0.356 e. The molecule has 0 unspecified atom stereocenters. The Hall–Kier alpha value is -3.08. The van der Waals surface area contributed by atoms with Crippen molar-refractivity contribution >= 4 is 11.6 Å². The van der Waals surface area contributed by atoms with Crippen LogP contribution >= 0.6 is 0 Å². The zero-order chi connectivity index (χ0) is 18.3. The Morgan fingerprint density at radius 2 is 1.85 bits per heavy atom. The number of nitriles is 1. The average molecular weight is 354 g/mol. The fourth-order valence-electron chi connectivity index (χ4n) is 3.39. The molecule has 6 nitrogen and oxygen atoms in total. The molecule has 0 aliphatic carbocycles. The standard InChI is InChI=1S/C18H16F2N6/c1-11-5-7-25(8-6-11)17-16(15-12(19)3-2-4-13(15)20)14(9-21)24-18-22-10-23-26(17)18/h2-4,10-11H,5-8H2,1H3. The lowest BCUT2D eigenvalue weighted by Crippen LogP contribution is -2.35. The van der Waals surface area contributed by atoms with Gasteiger partial charge >= 0.3 is 0 Å². The second kappa shape index (κ2) is 6.33. The van der Waals surface area contributed by atoms with Gasteiger partial charge in [0.1, 0.15) is 29.8 Å². The third-order valence-corrected chi connectivity index (χ3v) is 4.80. The normalized spacial score (nSPS) is 15.4. The lowest BCUT2D eigenvalue weighted by atomic mass is 9.97. The van der Waals surface area contributed by atoms with Gasteiger partial charge in [-0.15, -0.1) is 0 Å². The van der Waals surface area contributed by atoms with Crippen LogP contribution < -0.4 is 4.90 Å². The maximum Gasteiger partial charge on any atom is 0.255 e. The number of benzene rings is 1. The van der Waals surface area contributed by atoms with Crippen molar-refractivity contribution in [1.82, 2.24) is 19.6 Å². The van der Waals surface area contributed by atoms with Gasteiger partial charge in [-0.25, -0.2) is 8.78 Å². The molecule has 1 saturated heterocycles. The van der Waals surface area contributed by atoms with Crippen LogP contribution in [-0.4, -0.2) is 32.7 Å². The predicted molar refractivity (Wildman–Crippen MR) is 91.5 cm³/mol. The fraction of sp³-hybridized carbons (Fsp3) is 0.333. The molecule has 0 spiro atoms. The Morgan fingerprint density at radius 1 is 1.15 bits per heavy atom. The monoisotopic (exact) mass is 354 g/mol. The Bertz CT molecular complexity index is 994. The highest BCUT2D eigenvalue weighted by Crippen LogP contribution is 2.37. The van der Waals surface area contributed by atoms with E-state index in [1.165, 1.54) is 29.0 Å². The first-order valence-electron chi connectivity index (χ1n) is 8.43. The molecule has 0 bridgehead atoms. The molecule has 4 rings (SSSR count). The van der Waals surface area contributed by atoms with E-state index in [2.05, 4.69) is 22.0 Å². The molecule has 2 aromatic heterocycles. The molecule has 0 atom stereocenters. The first-order valence-corrected chi connectivity index (χ1v) is 8.43. The van der Waals surface area contributed by atoms with Crippen LogP contribution in [0.3, 0.4) is 0 Å². The SMILES string of the molecule is CC1CCN(c2c(-c3c(F)cccc3F)c(C#N)nc3ncnn23)CC1. The summed E-state index contributed by atoms with van der Waals surface area (Å²) in [6, 6.07) is 5.61. The molecule has 3 aromatic rings. The number of hydrogen-bond acceptors (Lipinski definition) is 5. The van der Waals surface area contributed by atoms with Crippen molar-refractivity contribution in [2.24, 2.45) is 5.92 Å². The lowest BCUT2D eigenvalue weighted by molar-refractivity contribution is 0.435. The lowest BCUT2D eigenvalue weighted by Gasteiger charge is -2.33. The van der Waals surface area contributed by atoms with Gasteiger partial charge in [-0.3, -0.25) is 0 Å². The largest absolute Gasteiger partial charge is 0.356 e. The summed E-state index contributed by atoms with van der Waals surface area (Å²) < 4.78 is 30.5. The Labute approximate surface area is 148 Å². The van der Waals surface area contributed by atoms with Crippen molar-refractivity contribution in [1.29, 1.82) is 5.26 Å². The maximum absolute atomic E-state index is 14.5. The Kier molecular flexibility index (Phi) is 3.99. The molecular weight excluding hydrogens is 338 g/mol. The van der Waals surface area contributed by atoms with Crippen LogP contribution in [0.2, 0.25) is 0 Å². The molecule has 1 aliphatic rings. The Morgan fingerprint density at radius 3 is 2.50 bits per heavy atom. The quantitative estimate of drug-likeness (QED) is 0.707. The molecule has 1 aromatic carbocycles. The van der Waals surface area contributed by atoms with E-state index in [4.69, 9.17) is 0 Å². The third-order valence-electron chi connectivity index (χ3n) is 4.80. The molecule has 132 valence electrons. The van der Waals surface area contributed by atoms with Gasteiger partial charge in [-0.05, 0) is 30.9 Å². The second-order valence-corrected chi connectivity index (χ2v) is 6.51. The summed E-state index contributed by atoms with van der Waals surface area (Å²) in [5.74, 6) is -0.220. The number of piperidine rings is 1. The van der Waals surface area contributed by atoms with Gasteiger partial charge in [0.25, 0.3) is 5.78 Å². The molecule has 1 fully saturated rings. The van der Waals surface area contributed by atoms with Gasteiger partial charge in [0, 0.05) is 13.1 Å². The molecule has 8 heteroatoms. The van der Waals surface area contributed by atoms with E-state index < -0.39 is 11.6 Å². The molecule has 0 radical (unpaired) electrons. The van der Waals surface area contributed by atoms with E-state index in [1.54, 1.807) is 0 Å². The first-order chi connectivity index (χ1) is 12.6. The second-order valence-electron chi connectivity index (χ2n) is 6.51. The number of anilines is 1. The van der Waals surface area contributed by atoms with Gasteiger partial charge in [0.2, 0.25) is 0 Å². The van der Waals surface area contributed by atoms with Crippen molar-refractivity contribution in [3.05, 3.63) is 41.9 Å². The summed E-state index contributed by atoms with van der Waals surface area (Å²) in [5, 5.41) is 13.8. The van der Waals surface area contributed by atoms with E-state index in [-0.39, 0.29) is 22.6 Å². The zero-order valence-corrected chi connectivity index (χ0v) is 14.2. The number of aromatic nitrogens is 4. The van der Waals surface area contributed by atoms with Crippen LogP contribution in [0, 0.1) is 28.9 Å². The fourth-order valence-corrected chi connectivity index (χ4v) is 3.39. The molecule has 1 aliphatic heterocycles. The summed E-state index contributed by atoms with van der Waals surface area (Å²) in [6.07, 6.45) is 3.21. The van der Waals surface area contributed by atoms with Gasteiger partial charge in [0.05, 0.1) is 11.1 Å². The molecule has 0 amide bonds. The van der Waals surface area contributed by atoms with E-state index >= 15 is 0 Å². The van der Waals surface area contributed by atoms with Gasteiger partial charge < -0.3 is 4.90 Å². The molecule has 0 saturated carbocycles. The molecule has 3 heterocycles. The summed E-state index contributed by atoms with van der Waals surface area (Å²) in [7, 11) is 0. The highest BCUT2D eigenvalue weighted by atomic mass is 19.1. The van der Waals surface area contributed by atoms with Gasteiger partial charge in [-0.2, -0.15) is 24.8 Å². The third kappa shape index (κ3) is 2.56. The number of hydrogen-bond donors (Lipinski definition) is 0. The predicted octanol–water partition coefficient (Wildman–Crippen LogP) is 3.18. The molecule has 26 heavy (non-hydrogen) atoms. The topological polar surface area (TPSA) is 70.1 Å². The van der Waals surface area contributed by atoms with Gasteiger partial charge in [0.15, 0.2) is 5.69 Å². The minimum absolute atomic E-state index is 0.0666.